The van der Waals surface area contributed by atoms with Crippen molar-refractivity contribution in [2.75, 3.05) is 5.32 Å². The molecule has 2 aromatic carbocycles. The first-order valence-corrected chi connectivity index (χ1v) is 11.5. The van der Waals surface area contributed by atoms with Crippen LogP contribution in [0.4, 0.5) is 14.5 Å². The van der Waals surface area contributed by atoms with Crippen LogP contribution in [0.15, 0.2) is 47.1 Å². The number of amides is 1. The number of hydrogen-bond acceptors (Lipinski definition) is 5. The number of anilines is 1. The number of ketones is 1. The van der Waals surface area contributed by atoms with Crippen LogP contribution in [-0.4, -0.2) is 23.3 Å². The minimum absolute atomic E-state index is 0.0219. The maximum absolute atomic E-state index is 13.3. The monoisotopic (exact) mass is 520 g/mol. The Morgan fingerprint density at radius 1 is 1.11 bits per heavy atom. The van der Waals surface area contributed by atoms with E-state index in [0.29, 0.717) is 29.2 Å². The molecule has 0 aliphatic heterocycles. The standard InChI is InChI=1S/C25H20Cl2F2N2O4/c1-13(32)4-2-3-5-14-6-8-19-16(10-14)21-15(7-9-20(23(21)34-19)35-25(28)29)24(33)31-22-17(26)11-30-12-18(22)27/h6-12,25H,2-5H2,1H3,(H,30,31,33). The summed E-state index contributed by atoms with van der Waals surface area (Å²) >= 11 is 12.3. The summed E-state index contributed by atoms with van der Waals surface area (Å²) in [6.07, 6.45) is 5.44. The van der Waals surface area contributed by atoms with Crippen molar-refractivity contribution in [2.45, 2.75) is 39.2 Å². The van der Waals surface area contributed by atoms with Crippen molar-refractivity contribution in [3.8, 4) is 5.75 Å². The number of aromatic nitrogens is 1. The van der Waals surface area contributed by atoms with E-state index in [9.17, 15) is 18.4 Å². The van der Waals surface area contributed by atoms with Gasteiger partial charge < -0.3 is 19.3 Å². The molecule has 35 heavy (non-hydrogen) atoms. The summed E-state index contributed by atoms with van der Waals surface area (Å²) in [4.78, 5) is 28.3. The van der Waals surface area contributed by atoms with Crippen LogP contribution < -0.4 is 10.1 Å². The molecule has 2 heterocycles. The molecule has 0 spiro atoms. The summed E-state index contributed by atoms with van der Waals surface area (Å²) in [5.41, 5.74) is 1.72. The van der Waals surface area contributed by atoms with Gasteiger partial charge in [0.05, 0.1) is 21.3 Å². The molecule has 0 aliphatic rings. The molecular weight excluding hydrogens is 501 g/mol. The summed E-state index contributed by atoms with van der Waals surface area (Å²) in [5.74, 6) is -0.619. The van der Waals surface area contributed by atoms with Crippen LogP contribution in [-0.2, 0) is 11.2 Å². The van der Waals surface area contributed by atoms with Gasteiger partial charge in [-0.3, -0.25) is 9.78 Å². The molecule has 0 unspecified atom stereocenters. The highest BCUT2D eigenvalue weighted by Gasteiger charge is 2.23. The second-order valence-corrected chi connectivity index (χ2v) is 8.78. The summed E-state index contributed by atoms with van der Waals surface area (Å²) in [5, 5.41) is 3.84. The summed E-state index contributed by atoms with van der Waals surface area (Å²) in [7, 11) is 0. The largest absolute Gasteiger partial charge is 0.452 e. The first-order chi connectivity index (χ1) is 16.7. The van der Waals surface area contributed by atoms with E-state index in [1.54, 1.807) is 13.0 Å². The van der Waals surface area contributed by atoms with Crippen LogP contribution >= 0.6 is 23.2 Å². The van der Waals surface area contributed by atoms with E-state index in [0.717, 1.165) is 18.4 Å². The number of nitrogens with one attached hydrogen (secondary N) is 1. The predicted molar refractivity (Wildman–Crippen MR) is 131 cm³/mol. The minimum atomic E-state index is -3.07. The predicted octanol–water partition coefficient (Wildman–Crippen LogP) is 7.44. The first kappa shape index (κ1) is 24.9. The third-order valence-electron chi connectivity index (χ3n) is 5.44. The quantitative estimate of drug-likeness (QED) is 0.232. The van der Waals surface area contributed by atoms with E-state index >= 15 is 0 Å². The van der Waals surface area contributed by atoms with Gasteiger partial charge >= 0.3 is 6.61 Å². The average molecular weight is 521 g/mol. The molecule has 0 aliphatic carbocycles. The molecule has 0 fully saturated rings. The maximum Gasteiger partial charge on any atom is 0.387 e. The number of carbonyl (C=O) groups is 2. The highest BCUT2D eigenvalue weighted by Crippen LogP contribution is 2.39. The summed E-state index contributed by atoms with van der Waals surface area (Å²) < 4.78 is 36.5. The normalized spacial score (nSPS) is 11.4. The molecule has 0 atom stereocenters. The molecule has 182 valence electrons. The molecule has 0 bridgehead atoms. The van der Waals surface area contributed by atoms with Gasteiger partial charge in [0.15, 0.2) is 11.3 Å². The fraction of sp³-hybridized carbons (Fsp3) is 0.240. The number of pyridine rings is 1. The molecular formula is C25H20Cl2F2N2O4. The second kappa shape index (κ2) is 10.6. The Bertz CT molecular complexity index is 1400. The molecule has 0 saturated carbocycles. The molecule has 4 aromatic rings. The van der Waals surface area contributed by atoms with Crippen LogP contribution in [0, 0.1) is 0 Å². The number of aryl methyl sites for hydroxylation is 1. The van der Waals surface area contributed by atoms with E-state index < -0.39 is 12.5 Å². The lowest BCUT2D eigenvalue weighted by atomic mass is 10.0. The zero-order valence-corrected chi connectivity index (χ0v) is 20.1. The van der Waals surface area contributed by atoms with Crippen molar-refractivity contribution in [1.29, 1.82) is 0 Å². The van der Waals surface area contributed by atoms with E-state index in [1.807, 2.05) is 12.1 Å². The second-order valence-electron chi connectivity index (χ2n) is 7.97. The van der Waals surface area contributed by atoms with Crippen LogP contribution in [0.5, 0.6) is 5.75 Å². The summed E-state index contributed by atoms with van der Waals surface area (Å²) in [6.45, 7) is -1.51. The first-order valence-electron chi connectivity index (χ1n) is 10.8. The fourth-order valence-electron chi connectivity index (χ4n) is 3.85. The highest BCUT2D eigenvalue weighted by molar-refractivity contribution is 6.40. The van der Waals surface area contributed by atoms with E-state index in [4.69, 9.17) is 27.6 Å². The number of furan rings is 1. The van der Waals surface area contributed by atoms with Crippen LogP contribution in [0.25, 0.3) is 21.9 Å². The topological polar surface area (TPSA) is 81.4 Å². The molecule has 0 radical (unpaired) electrons. The zero-order chi connectivity index (χ0) is 25.1. The Morgan fingerprint density at radius 2 is 1.86 bits per heavy atom. The number of unbranched alkanes of at least 4 members (excludes halogenated alkanes) is 1. The number of benzene rings is 2. The van der Waals surface area contributed by atoms with E-state index in [-0.39, 0.29) is 38.4 Å². The number of hydrogen-bond donors (Lipinski definition) is 1. The number of nitrogens with zero attached hydrogens (tertiary/aromatic N) is 1. The molecule has 0 saturated heterocycles. The number of halogens is 4. The summed E-state index contributed by atoms with van der Waals surface area (Å²) in [6, 6.07) is 8.07. The van der Waals surface area contributed by atoms with Gasteiger partial charge in [-0.25, -0.2) is 0 Å². The third-order valence-corrected chi connectivity index (χ3v) is 6.02. The van der Waals surface area contributed by atoms with Crippen molar-refractivity contribution >= 4 is 62.5 Å². The number of carbonyl (C=O) groups excluding carboxylic acids is 2. The van der Waals surface area contributed by atoms with Crippen molar-refractivity contribution in [3.05, 3.63) is 63.9 Å². The molecule has 10 heteroatoms. The molecule has 4 rings (SSSR count). The van der Waals surface area contributed by atoms with Crippen molar-refractivity contribution in [1.82, 2.24) is 4.98 Å². The average Bonchev–Trinajstić information content (AvgIpc) is 3.18. The van der Waals surface area contributed by atoms with Crippen LogP contribution in [0.3, 0.4) is 0 Å². The molecule has 2 aromatic heterocycles. The van der Waals surface area contributed by atoms with Gasteiger partial charge in [0, 0.05) is 29.6 Å². The van der Waals surface area contributed by atoms with Crippen molar-refractivity contribution in [3.63, 3.8) is 0 Å². The van der Waals surface area contributed by atoms with Gasteiger partial charge in [0.1, 0.15) is 11.4 Å². The van der Waals surface area contributed by atoms with Gasteiger partial charge in [0.2, 0.25) is 0 Å². The van der Waals surface area contributed by atoms with Crippen LogP contribution in [0.2, 0.25) is 10.0 Å². The molecule has 1 N–H and O–H groups in total. The smallest absolute Gasteiger partial charge is 0.387 e. The zero-order valence-electron chi connectivity index (χ0n) is 18.5. The number of alkyl halides is 2. The van der Waals surface area contributed by atoms with Gasteiger partial charge in [-0.1, -0.05) is 29.3 Å². The third kappa shape index (κ3) is 5.55. The van der Waals surface area contributed by atoms with Gasteiger partial charge in [-0.05, 0) is 56.0 Å². The Balaban J connectivity index is 1.78. The Hall–Kier alpha value is -3.23. The number of fused-ring (bicyclic) bond motifs is 3. The molecule has 1 amide bonds. The molecule has 6 nitrogen and oxygen atoms in total. The number of Topliss-reactive ketones (excluding diaryl/α,β-unsaturated/α-hetero) is 1. The SMILES string of the molecule is CC(=O)CCCCc1ccc2oc3c(OC(F)F)ccc(C(=O)Nc4c(Cl)cncc4Cl)c3c2c1. The maximum atomic E-state index is 13.3. The van der Waals surface area contributed by atoms with Gasteiger partial charge in [-0.2, -0.15) is 8.78 Å². The van der Waals surface area contributed by atoms with Gasteiger partial charge in [0.25, 0.3) is 5.91 Å². The lowest BCUT2D eigenvalue weighted by molar-refractivity contribution is -0.117. The van der Waals surface area contributed by atoms with Crippen molar-refractivity contribution < 1.29 is 27.5 Å². The lowest BCUT2D eigenvalue weighted by Crippen LogP contribution is -2.13. The lowest BCUT2D eigenvalue weighted by Gasteiger charge is -2.11. The minimum Gasteiger partial charge on any atom is -0.452 e. The fourth-order valence-corrected chi connectivity index (χ4v) is 4.31. The Labute approximate surface area is 209 Å². The Kier molecular flexibility index (Phi) is 7.52. The van der Waals surface area contributed by atoms with E-state index in [2.05, 4.69) is 15.0 Å². The Morgan fingerprint density at radius 3 is 2.54 bits per heavy atom. The van der Waals surface area contributed by atoms with Crippen LogP contribution in [0.1, 0.15) is 42.1 Å². The van der Waals surface area contributed by atoms with E-state index in [1.165, 1.54) is 24.5 Å². The van der Waals surface area contributed by atoms with Crippen molar-refractivity contribution in [2.24, 2.45) is 0 Å². The number of ether oxygens (including phenoxy) is 1. The van der Waals surface area contributed by atoms with Gasteiger partial charge in [-0.15, -0.1) is 0 Å². The number of rotatable bonds is 9. The highest BCUT2D eigenvalue weighted by atomic mass is 35.5.